The number of carbonyl (C=O) groups is 1. The molecule has 0 aromatic heterocycles. The van der Waals surface area contributed by atoms with Crippen molar-refractivity contribution in [3.05, 3.63) is 23.3 Å². The van der Waals surface area contributed by atoms with Crippen LogP contribution in [0.25, 0.3) is 0 Å². The monoisotopic (exact) mass is 210 g/mol. The zero-order valence-corrected chi connectivity index (χ0v) is 10.3. The number of esters is 1. The lowest BCUT2D eigenvalue weighted by molar-refractivity contribution is -0.142. The highest BCUT2D eigenvalue weighted by Crippen LogP contribution is 2.07. The van der Waals surface area contributed by atoms with Crippen molar-refractivity contribution in [1.82, 2.24) is 0 Å². The molecule has 2 nitrogen and oxygen atoms in total. The van der Waals surface area contributed by atoms with Gasteiger partial charge in [0.2, 0.25) is 0 Å². The Kier molecular flexibility index (Phi) is 7.69. The van der Waals surface area contributed by atoms with E-state index < -0.39 is 0 Å². The van der Waals surface area contributed by atoms with Crippen molar-refractivity contribution in [2.75, 3.05) is 6.61 Å². The van der Waals surface area contributed by atoms with E-state index in [9.17, 15) is 4.79 Å². The fourth-order valence-corrected chi connectivity index (χ4v) is 0.974. The van der Waals surface area contributed by atoms with Crippen molar-refractivity contribution < 1.29 is 9.53 Å². The van der Waals surface area contributed by atoms with Crippen LogP contribution in [0.4, 0.5) is 0 Å². The Labute approximate surface area is 93.0 Å². The first kappa shape index (κ1) is 13.9. The molecule has 0 saturated heterocycles. The molecule has 15 heavy (non-hydrogen) atoms. The molecule has 0 aliphatic carbocycles. The van der Waals surface area contributed by atoms with Gasteiger partial charge in [0.05, 0.1) is 0 Å². The molecule has 0 rings (SSSR count). The largest absolute Gasteiger partial charge is 0.461 e. The zero-order valence-electron chi connectivity index (χ0n) is 10.3. The van der Waals surface area contributed by atoms with Crippen LogP contribution < -0.4 is 0 Å². The quantitative estimate of drug-likeness (QED) is 0.494. The second-order valence-electron chi connectivity index (χ2n) is 3.67. The Hall–Kier alpha value is -1.05. The average molecular weight is 210 g/mol. The van der Waals surface area contributed by atoms with Crippen LogP contribution in [0.2, 0.25) is 0 Å². The number of ether oxygens (including phenoxy) is 1. The molecule has 0 fully saturated rings. The van der Waals surface area contributed by atoms with E-state index in [1.807, 2.05) is 13.8 Å². The molecular weight excluding hydrogens is 188 g/mol. The van der Waals surface area contributed by atoms with Crippen LogP contribution in [-0.4, -0.2) is 12.6 Å². The molecule has 0 aliphatic rings. The standard InChI is InChI=1S/C13H22O2/c1-5-7-8-9-11(3)12(4)10-15-13(14)6-2/h8-9H,5-7,10H2,1-4H3/b9-8+,12-11+. The van der Waals surface area contributed by atoms with E-state index in [0.717, 1.165) is 18.4 Å². The van der Waals surface area contributed by atoms with Gasteiger partial charge < -0.3 is 4.74 Å². The van der Waals surface area contributed by atoms with Crippen LogP contribution in [0.15, 0.2) is 23.3 Å². The highest BCUT2D eigenvalue weighted by molar-refractivity contribution is 5.69. The van der Waals surface area contributed by atoms with Crippen LogP contribution in [0.3, 0.4) is 0 Å². The van der Waals surface area contributed by atoms with Crippen LogP contribution in [0.5, 0.6) is 0 Å². The summed E-state index contributed by atoms with van der Waals surface area (Å²) in [5, 5.41) is 0. The molecule has 0 heterocycles. The summed E-state index contributed by atoms with van der Waals surface area (Å²) >= 11 is 0. The molecule has 2 heteroatoms. The van der Waals surface area contributed by atoms with Crippen LogP contribution >= 0.6 is 0 Å². The fraction of sp³-hybridized carbons (Fsp3) is 0.615. The average Bonchev–Trinajstić information content (AvgIpc) is 2.25. The van der Waals surface area contributed by atoms with Gasteiger partial charge in [-0.1, -0.05) is 32.4 Å². The predicted octanol–water partition coefficient (Wildman–Crippen LogP) is 3.63. The number of allylic oxidation sites excluding steroid dienone is 3. The molecule has 0 N–H and O–H groups in total. The molecule has 0 aromatic carbocycles. The molecule has 86 valence electrons. The lowest BCUT2D eigenvalue weighted by Crippen LogP contribution is -2.05. The highest BCUT2D eigenvalue weighted by Gasteiger charge is 1.99. The van der Waals surface area contributed by atoms with Gasteiger partial charge in [-0.15, -0.1) is 0 Å². The van der Waals surface area contributed by atoms with Crippen molar-refractivity contribution >= 4 is 5.97 Å². The molecule has 0 amide bonds. The minimum Gasteiger partial charge on any atom is -0.461 e. The first-order valence-corrected chi connectivity index (χ1v) is 5.60. The van der Waals surface area contributed by atoms with Gasteiger partial charge in [0.1, 0.15) is 6.61 Å². The summed E-state index contributed by atoms with van der Waals surface area (Å²) in [7, 11) is 0. The molecule has 0 spiro atoms. The number of hydrogen-bond donors (Lipinski definition) is 0. The first-order chi connectivity index (χ1) is 7.11. The number of unbranched alkanes of at least 4 members (excludes halogenated alkanes) is 1. The van der Waals surface area contributed by atoms with Crippen molar-refractivity contribution in [3.63, 3.8) is 0 Å². The molecule has 0 atom stereocenters. The van der Waals surface area contributed by atoms with E-state index in [1.165, 1.54) is 5.57 Å². The molecule has 0 unspecified atom stereocenters. The van der Waals surface area contributed by atoms with Gasteiger partial charge >= 0.3 is 5.97 Å². The highest BCUT2D eigenvalue weighted by atomic mass is 16.5. The Morgan fingerprint density at radius 3 is 2.47 bits per heavy atom. The Bertz CT molecular complexity index is 249. The van der Waals surface area contributed by atoms with E-state index in [-0.39, 0.29) is 5.97 Å². The molecule has 0 radical (unpaired) electrons. The predicted molar refractivity (Wildman–Crippen MR) is 63.7 cm³/mol. The molecule has 0 aromatic rings. The van der Waals surface area contributed by atoms with E-state index >= 15 is 0 Å². The smallest absolute Gasteiger partial charge is 0.305 e. The lowest BCUT2D eigenvalue weighted by atomic mass is 10.1. The van der Waals surface area contributed by atoms with Crippen molar-refractivity contribution in [2.24, 2.45) is 0 Å². The van der Waals surface area contributed by atoms with Gasteiger partial charge in [0.15, 0.2) is 0 Å². The molecule has 0 bridgehead atoms. The third kappa shape index (κ3) is 6.95. The summed E-state index contributed by atoms with van der Waals surface area (Å²) in [5.74, 6) is -0.139. The summed E-state index contributed by atoms with van der Waals surface area (Å²) < 4.78 is 5.05. The lowest BCUT2D eigenvalue weighted by Gasteiger charge is -2.05. The number of carbonyl (C=O) groups excluding carboxylic acids is 1. The number of rotatable bonds is 6. The summed E-state index contributed by atoms with van der Waals surface area (Å²) in [6.45, 7) is 8.40. The third-order valence-electron chi connectivity index (χ3n) is 2.23. The van der Waals surface area contributed by atoms with Crippen molar-refractivity contribution in [2.45, 2.75) is 47.0 Å². The Morgan fingerprint density at radius 2 is 1.93 bits per heavy atom. The zero-order chi connectivity index (χ0) is 11.7. The fourth-order valence-electron chi connectivity index (χ4n) is 0.974. The van der Waals surface area contributed by atoms with Crippen molar-refractivity contribution in [1.29, 1.82) is 0 Å². The molecular formula is C13H22O2. The minimum atomic E-state index is -0.139. The summed E-state index contributed by atoms with van der Waals surface area (Å²) in [4.78, 5) is 10.9. The molecule has 0 saturated carbocycles. The van der Waals surface area contributed by atoms with Gasteiger partial charge in [-0.2, -0.15) is 0 Å². The van der Waals surface area contributed by atoms with E-state index in [2.05, 4.69) is 19.1 Å². The second-order valence-corrected chi connectivity index (χ2v) is 3.67. The van der Waals surface area contributed by atoms with Gasteiger partial charge in [-0.05, 0) is 31.4 Å². The summed E-state index contributed by atoms with van der Waals surface area (Å²) in [6.07, 6.45) is 6.95. The normalized spacial score (nSPS) is 12.8. The van der Waals surface area contributed by atoms with Crippen LogP contribution in [0, 0.1) is 0 Å². The molecule has 0 aliphatic heterocycles. The Balaban J connectivity index is 4.08. The van der Waals surface area contributed by atoms with Gasteiger partial charge in [-0.3, -0.25) is 4.79 Å². The maximum atomic E-state index is 10.9. The second kappa shape index (κ2) is 8.27. The van der Waals surface area contributed by atoms with E-state index in [4.69, 9.17) is 4.74 Å². The first-order valence-electron chi connectivity index (χ1n) is 5.60. The minimum absolute atomic E-state index is 0.139. The van der Waals surface area contributed by atoms with Crippen LogP contribution in [-0.2, 0) is 9.53 Å². The third-order valence-corrected chi connectivity index (χ3v) is 2.23. The maximum Gasteiger partial charge on any atom is 0.305 e. The number of hydrogen-bond acceptors (Lipinski definition) is 2. The Morgan fingerprint density at radius 1 is 1.27 bits per heavy atom. The SMILES string of the molecule is CCC/C=C/C(C)=C(\C)COC(=O)CC. The maximum absolute atomic E-state index is 10.9. The summed E-state index contributed by atoms with van der Waals surface area (Å²) in [5.41, 5.74) is 2.30. The van der Waals surface area contributed by atoms with Crippen molar-refractivity contribution in [3.8, 4) is 0 Å². The van der Waals surface area contributed by atoms with Gasteiger partial charge in [-0.25, -0.2) is 0 Å². The topological polar surface area (TPSA) is 26.3 Å². The summed E-state index contributed by atoms with van der Waals surface area (Å²) in [6, 6.07) is 0. The van der Waals surface area contributed by atoms with E-state index in [0.29, 0.717) is 13.0 Å². The van der Waals surface area contributed by atoms with Gasteiger partial charge in [0.25, 0.3) is 0 Å². The van der Waals surface area contributed by atoms with E-state index in [1.54, 1.807) is 6.92 Å². The van der Waals surface area contributed by atoms with Gasteiger partial charge in [0, 0.05) is 6.42 Å². The van der Waals surface area contributed by atoms with Crippen LogP contribution in [0.1, 0.15) is 47.0 Å².